The van der Waals surface area contributed by atoms with Crippen molar-refractivity contribution < 1.29 is 19.1 Å². The lowest BCUT2D eigenvalue weighted by molar-refractivity contribution is -0.119. The van der Waals surface area contributed by atoms with E-state index >= 15 is 0 Å². The Morgan fingerprint density at radius 3 is 2.37 bits per heavy atom. The number of nitrogens with one attached hydrogen (secondary N) is 2. The van der Waals surface area contributed by atoms with Gasteiger partial charge < -0.3 is 20.3 Å². The summed E-state index contributed by atoms with van der Waals surface area (Å²) >= 11 is 0. The zero-order chi connectivity index (χ0) is 33.2. The molecule has 2 amide bonds. The summed E-state index contributed by atoms with van der Waals surface area (Å²) in [6.07, 6.45) is 9.72. The molecule has 1 aliphatic carbocycles. The van der Waals surface area contributed by atoms with E-state index in [2.05, 4.69) is 72.5 Å². The molecule has 1 saturated heterocycles. The Morgan fingerprint density at radius 1 is 1.02 bits per heavy atom. The van der Waals surface area contributed by atoms with Crippen molar-refractivity contribution >= 4 is 34.7 Å². The molecule has 2 aliphatic heterocycles. The first-order valence-electron chi connectivity index (χ1n) is 17.0. The summed E-state index contributed by atoms with van der Waals surface area (Å²) in [4.78, 5) is 44.0. The van der Waals surface area contributed by atoms with Crippen molar-refractivity contribution in [1.82, 2.24) is 4.90 Å². The first kappa shape index (κ1) is 33.7. The maximum Gasteiger partial charge on any atom is 0.247 e. The fourth-order valence-electron chi connectivity index (χ4n) is 7.38. The number of benzene rings is 2. The SMILES string of the molecule is CCCC(=O)Nc1cc(C(C)(C)C)cc(NC(=O)C2Cc3cccc(CC4CC=C(C(=O)[C@@H]5CCCN5C)CC4)c3N2C)c1OC. The lowest BCUT2D eigenvalue weighted by atomic mass is 9.82. The van der Waals surface area contributed by atoms with Gasteiger partial charge in [0.25, 0.3) is 0 Å². The molecule has 0 saturated carbocycles. The number of methoxy groups -OCH3 is 1. The molecule has 8 nitrogen and oxygen atoms in total. The summed E-state index contributed by atoms with van der Waals surface area (Å²) in [5.74, 6) is 1.05. The fraction of sp³-hybridized carbons (Fsp3) is 0.553. The van der Waals surface area contributed by atoms with Crippen LogP contribution in [0, 0.1) is 5.92 Å². The summed E-state index contributed by atoms with van der Waals surface area (Å²) < 4.78 is 5.76. The summed E-state index contributed by atoms with van der Waals surface area (Å²) in [5.41, 5.74) is 6.49. The van der Waals surface area contributed by atoms with Gasteiger partial charge >= 0.3 is 0 Å². The number of rotatable bonds is 10. The van der Waals surface area contributed by atoms with Crippen LogP contribution < -0.4 is 20.3 Å². The topological polar surface area (TPSA) is 91.0 Å². The molecule has 2 N–H and O–H groups in total. The van der Waals surface area contributed by atoms with E-state index in [-0.39, 0.29) is 29.3 Å². The first-order valence-corrected chi connectivity index (χ1v) is 17.0. The molecule has 2 heterocycles. The van der Waals surface area contributed by atoms with Crippen molar-refractivity contribution in [2.24, 2.45) is 5.92 Å². The number of Topliss-reactive ketones (excluding diaryl/α,β-unsaturated/α-hetero) is 1. The van der Waals surface area contributed by atoms with E-state index < -0.39 is 0 Å². The summed E-state index contributed by atoms with van der Waals surface area (Å²) in [7, 11) is 5.63. The van der Waals surface area contributed by atoms with Crippen molar-refractivity contribution in [2.75, 3.05) is 43.3 Å². The number of carbonyl (C=O) groups is 3. The molecule has 5 rings (SSSR count). The predicted octanol–water partition coefficient (Wildman–Crippen LogP) is 6.66. The highest BCUT2D eigenvalue weighted by molar-refractivity contribution is 6.02. The number of likely N-dealkylation sites (tertiary alicyclic amines) is 1. The molecule has 8 heteroatoms. The highest BCUT2D eigenvalue weighted by Gasteiger charge is 2.36. The number of fused-ring (bicyclic) bond motifs is 1. The van der Waals surface area contributed by atoms with E-state index in [1.54, 1.807) is 7.11 Å². The number of nitrogens with zero attached hydrogens (tertiary/aromatic N) is 2. The minimum atomic E-state index is -0.379. The van der Waals surface area contributed by atoms with Crippen LogP contribution in [-0.2, 0) is 32.6 Å². The normalized spacial score (nSPS) is 21.5. The summed E-state index contributed by atoms with van der Waals surface area (Å²) in [6, 6.07) is 10.00. The second-order valence-corrected chi connectivity index (χ2v) is 14.5. The monoisotopic (exact) mass is 628 g/mol. The quantitative estimate of drug-likeness (QED) is 0.306. The number of hydrogen-bond acceptors (Lipinski definition) is 6. The van der Waals surface area contributed by atoms with E-state index in [0.29, 0.717) is 41.7 Å². The number of amides is 2. The van der Waals surface area contributed by atoms with Crippen LogP contribution in [0.1, 0.15) is 89.3 Å². The molecule has 2 aromatic carbocycles. The van der Waals surface area contributed by atoms with Gasteiger partial charge in [0.05, 0.1) is 24.5 Å². The molecule has 3 atom stereocenters. The van der Waals surface area contributed by atoms with Gasteiger partial charge in [0.1, 0.15) is 6.04 Å². The molecule has 0 spiro atoms. The van der Waals surface area contributed by atoms with E-state index in [4.69, 9.17) is 4.74 Å². The van der Waals surface area contributed by atoms with Crippen LogP contribution in [0.15, 0.2) is 42.0 Å². The van der Waals surface area contributed by atoms with E-state index in [9.17, 15) is 14.4 Å². The van der Waals surface area contributed by atoms with Crippen molar-refractivity contribution in [1.29, 1.82) is 0 Å². The van der Waals surface area contributed by atoms with Gasteiger partial charge in [-0.1, -0.05) is 52.0 Å². The first-order chi connectivity index (χ1) is 21.9. The second-order valence-electron chi connectivity index (χ2n) is 14.5. The van der Waals surface area contributed by atoms with Crippen LogP contribution in [0.5, 0.6) is 5.75 Å². The fourth-order valence-corrected chi connectivity index (χ4v) is 7.38. The molecule has 3 aliphatic rings. The van der Waals surface area contributed by atoms with Crippen molar-refractivity contribution in [3.05, 3.63) is 58.7 Å². The predicted molar refractivity (Wildman–Crippen MR) is 186 cm³/mol. The number of carbonyl (C=O) groups excluding carboxylic acids is 3. The van der Waals surface area contributed by atoms with Gasteiger partial charge in [-0.15, -0.1) is 0 Å². The standard InChI is InChI=1S/C38H52N4O4/c1-8-11-33(43)39-29-22-28(38(2,3)4)23-30(36(29)46-7)40-37(45)32-21-27-13-9-12-26(34(27)42(32)6)20-24-15-17-25(18-16-24)35(44)31-14-10-19-41(31)5/h9,12-13,17,22-24,31-32H,8,10-11,14-16,18-21H2,1-7H3,(H,39,43)(H,40,45)/t24?,31-,32?/m0/s1. The van der Waals surface area contributed by atoms with Gasteiger partial charge in [-0.05, 0) is 104 Å². The molecule has 2 unspecified atom stereocenters. The average Bonchev–Trinajstić information content (AvgIpc) is 3.60. The third-order valence-corrected chi connectivity index (χ3v) is 10.1. The molecule has 46 heavy (non-hydrogen) atoms. The smallest absolute Gasteiger partial charge is 0.247 e. The molecule has 248 valence electrons. The number of hydrogen-bond donors (Lipinski definition) is 2. The largest absolute Gasteiger partial charge is 0.492 e. The number of anilines is 3. The van der Waals surface area contributed by atoms with Crippen molar-refractivity contribution in [2.45, 2.75) is 103 Å². The van der Waals surface area contributed by atoms with E-state index in [1.165, 1.54) is 11.1 Å². The Balaban J connectivity index is 1.31. The molecule has 0 radical (unpaired) electrons. The Bertz CT molecular complexity index is 1510. The number of para-hydroxylation sites is 1. The molecule has 0 aromatic heterocycles. The molecular weight excluding hydrogens is 576 g/mol. The van der Waals surface area contributed by atoms with Crippen LogP contribution in [0.4, 0.5) is 17.1 Å². The van der Waals surface area contributed by atoms with Gasteiger partial charge in [-0.25, -0.2) is 0 Å². The third kappa shape index (κ3) is 7.17. The highest BCUT2D eigenvalue weighted by atomic mass is 16.5. The van der Waals surface area contributed by atoms with Gasteiger partial charge in [0, 0.05) is 25.6 Å². The Hall–Kier alpha value is -3.65. The van der Waals surface area contributed by atoms with Crippen molar-refractivity contribution in [3.63, 3.8) is 0 Å². The third-order valence-electron chi connectivity index (χ3n) is 10.1. The lowest BCUT2D eigenvalue weighted by Crippen LogP contribution is -2.40. The van der Waals surface area contributed by atoms with E-state index in [1.807, 2.05) is 26.1 Å². The molecule has 2 aromatic rings. The van der Waals surface area contributed by atoms with Crippen LogP contribution in [0.2, 0.25) is 0 Å². The minimum Gasteiger partial charge on any atom is -0.492 e. The van der Waals surface area contributed by atoms with Gasteiger partial charge in [0.15, 0.2) is 11.5 Å². The number of ketones is 1. The number of allylic oxidation sites excluding steroid dienone is 1. The van der Waals surface area contributed by atoms with Crippen LogP contribution >= 0.6 is 0 Å². The Labute approximate surface area is 274 Å². The van der Waals surface area contributed by atoms with Crippen LogP contribution in [0.25, 0.3) is 0 Å². The summed E-state index contributed by atoms with van der Waals surface area (Å²) in [6.45, 7) is 9.30. The number of ether oxygens (including phenoxy) is 1. The molecule has 1 fully saturated rings. The molecular formula is C38H52N4O4. The van der Waals surface area contributed by atoms with Gasteiger partial charge in [-0.3, -0.25) is 19.3 Å². The van der Waals surface area contributed by atoms with Gasteiger partial charge in [0.2, 0.25) is 11.8 Å². The zero-order valence-electron chi connectivity index (χ0n) is 28.8. The zero-order valence-corrected chi connectivity index (χ0v) is 28.8. The second kappa shape index (κ2) is 14.0. The minimum absolute atomic E-state index is 0.0548. The average molecular weight is 629 g/mol. The van der Waals surface area contributed by atoms with Crippen molar-refractivity contribution in [3.8, 4) is 5.75 Å². The Morgan fingerprint density at radius 2 is 1.76 bits per heavy atom. The maximum atomic E-state index is 14.0. The Kier molecular flexibility index (Phi) is 10.3. The van der Waals surface area contributed by atoms with Crippen LogP contribution in [0.3, 0.4) is 0 Å². The number of likely N-dealkylation sites (N-methyl/N-ethyl adjacent to an activating group) is 2. The highest BCUT2D eigenvalue weighted by Crippen LogP contribution is 2.41. The van der Waals surface area contributed by atoms with E-state index in [0.717, 1.165) is 68.3 Å². The van der Waals surface area contributed by atoms with Gasteiger partial charge in [-0.2, -0.15) is 0 Å². The summed E-state index contributed by atoms with van der Waals surface area (Å²) in [5, 5.41) is 6.17. The maximum absolute atomic E-state index is 14.0. The van der Waals surface area contributed by atoms with Crippen LogP contribution in [-0.4, -0.2) is 62.3 Å². The molecule has 0 bridgehead atoms. The lowest BCUT2D eigenvalue weighted by Gasteiger charge is -2.28.